The fourth-order valence-electron chi connectivity index (χ4n) is 0.837. The van der Waals surface area contributed by atoms with Crippen LogP contribution in [0.15, 0.2) is 12.7 Å². The van der Waals surface area contributed by atoms with Gasteiger partial charge in [-0.15, -0.1) is 0 Å². The normalized spacial score (nSPS) is 11.6. The minimum Gasteiger partial charge on any atom is -0.463 e. The van der Waals surface area contributed by atoms with Gasteiger partial charge < -0.3 is 10.1 Å². The van der Waals surface area contributed by atoms with Gasteiger partial charge in [-0.05, 0) is 13.0 Å². The number of ether oxygens (including phenoxy) is 1. The first kappa shape index (κ1) is 12.7. The average molecular weight is 199 g/mol. The van der Waals surface area contributed by atoms with E-state index >= 15 is 0 Å². The molecule has 1 amide bonds. The first-order valence-corrected chi connectivity index (χ1v) is 4.69. The molecule has 0 spiro atoms. The number of carbonyl (C=O) groups excluding carboxylic acids is 2. The maximum Gasteiger partial charge on any atom is 0.305 e. The summed E-state index contributed by atoms with van der Waals surface area (Å²) in [5, 5.41) is 2.61. The summed E-state index contributed by atoms with van der Waals surface area (Å²) in [5.74, 6) is -0.424. The Morgan fingerprint density at radius 2 is 2.21 bits per heavy atom. The number of hydrogen-bond donors (Lipinski definition) is 1. The summed E-state index contributed by atoms with van der Waals surface area (Å²) in [6.45, 7) is 7.36. The second kappa shape index (κ2) is 7.12. The molecule has 0 aromatic rings. The van der Waals surface area contributed by atoms with Crippen molar-refractivity contribution in [1.29, 1.82) is 0 Å². The molecular formula is C10H17NO3. The summed E-state index contributed by atoms with van der Waals surface area (Å²) >= 11 is 0. The molecule has 4 nitrogen and oxygen atoms in total. The molecule has 80 valence electrons. The van der Waals surface area contributed by atoms with Gasteiger partial charge in [0.25, 0.3) is 0 Å². The van der Waals surface area contributed by atoms with Crippen molar-refractivity contribution in [3.05, 3.63) is 12.7 Å². The van der Waals surface area contributed by atoms with Crippen LogP contribution in [0.4, 0.5) is 0 Å². The minimum absolute atomic E-state index is 0.160. The maximum atomic E-state index is 10.8. The zero-order valence-electron chi connectivity index (χ0n) is 8.71. The first-order valence-electron chi connectivity index (χ1n) is 4.69. The monoisotopic (exact) mass is 199 g/mol. The maximum absolute atomic E-state index is 10.8. The van der Waals surface area contributed by atoms with E-state index in [0.717, 1.165) is 0 Å². The fraction of sp³-hybridized carbons (Fsp3) is 0.600. The molecule has 4 heteroatoms. The Bertz CT molecular complexity index is 213. The number of amides is 1. The summed E-state index contributed by atoms with van der Waals surface area (Å²) in [7, 11) is 0. The lowest BCUT2D eigenvalue weighted by atomic mass is 10.3. The van der Waals surface area contributed by atoms with Crippen LogP contribution >= 0.6 is 0 Å². The van der Waals surface area contributed by atoms with Crippen LogP contribution in [0, 0.1) is 0 Å². The highest BCUT2D eigenvalue weighted by Gasteiger charge is 2.07. The molecule has 0 aromatic heterocycles. The third-order valence-corrected chi connectivity index (χ3v) is 1.66. The lowest BCUT2D eigenvalue weighted by molar-refractivity contribution is -0.148. The van der Waals surface area contributed by atoms with Crippen molar-refractivity contribution in [3.63, 3.8) is 0 Å². The summed E-state index contributed by atoms with van der Waals surface area (Å²) in [6, 6.07) is 0. The van der Waals surface area contributed by atoms with Gasteiger partial charge in [0.05, 0.1) is 0 Å². The third-order valence-electron chi connectivity index (χ3n) is 1.66. The number of hydrogen-bond acceptors (Lipinski definition) is 3. The molecule has 0 saturated heterocycles. The zero-order valence-corrected chi connectivity index (χ0v) is 8.71. The van der Waals surface area contributed by atoms with Crippen molar-refractivity contribution < 1.29 is 14.3 Å². The van der Waals surface area contributed by atoms with E-state index in [2.05, 4.69) is 11.9 Å². The van der Waals surface area contributed by atoms with Crippen molar-refractivity contribution >= 4 is 11.9 Å². The highest BCUT2D eigenvalue weighted by molar-refractivity contribution is 5.86. The Morgan fingerprint density at radius 3 is 2.71 bits per heavy atom. The Hall–Kier alpha value is -1.32. The quantitative estimate of drug-likeness (QED) is 0.513. The molecule has 0 aliphatic carbocycles. The van der Waals surface area contributed by atoms with E-state index in [1.165, 1.54) is 6.08 Å². The van der Waals surface area contributed by atoms with Gasteiger partial charge in [-0.1, -0.05) is 13.5 Å². The van der Waals surface area contributed by atoms with E-state index in [1.54, 1.807) is 13.8 Å². The van der Waals surface area contributed by atoms with Gasteiger partial charge >= 0.3 is 5.97 Å². The molecule has 0 fully saturated rings. The van der Waals surface area contributed by atoms with E-state index in [1.807, 2.05) is 0 Å². The molecule has 0 heterocycles. The molecule has 0 aliphatic rings. The highest BCUT2D eigenvalue weighted by Crippen LogP contribution is 1.98. The summed E-state index contributed by atoms with van der Waals surface area (Å²) < 4.78 is 5.00. The SMILES string of the molecule is C=CC(=O)NCCC(C)OC(=O)CC. The van der Waals surface area contributed by atoms with Gasteiger partial charge in [0.15, 0.2) is 0 Å². The van der Waals surface area contributed by atoms with Crippen LogP contribution in [0.25, 0.3) is 0 Å². The smallest absolute Gasteiger partial charge is 0.305 e. The average Bonchev–Trinajstić information content (AvgIpc) is 2.17. The molecule has 1 N–H and O–H groups in total. The van der Waals surface area contributed by atoms with Crippen LogP contribution in [0.5, 0.6) is 0 Å². The second-order valence-corrected chi connectivity index (χ2v) is 2.94. The van der Waals surface area contributed by atoms with Crippen molar-refractivity contribution in [2.75, 3.05) is 6.54 Å². The van der Waals surface area contributed by atoms with Crippen molar-refractivity contribution in [2.45, 2.75) is 32.8 Å². The van der Waals surface area contributed by atoms with E-state index in [4.69, 9.17) is 4.74 Å². The van der Waals surface area contributed by atoms with E-state index < -0.39 is 0 Å². The number of nitrogens with one attached hydrogen (secondary N) is 1. The van der Waals surface area contributed by atoms with Crippen LogP contribution in [0.3, 0.4) is 0 Å². The van der Waals surface area contributed by atoms with Gasteiger partial charge in [0, 0.05) is 19.4 Å². The van der Waals surface area contributed by atoms with Gasteiger partial charge in [-0.2, -0.15) is 0 Å². The molecule has 0 aliphatic heterocycles. The van der Waals surface area contributed by atoms with E-state index in [9.17, 15) is 9.59 Å². The molecule has 0 aromatic carbocycles. The predicted octanol–water partition coefficient (Wildman–Crippen LogP) is 1.02. The predicted molar refractivity (Wildman–Crippen MR) is 53.7 cm³/mol. The summed E-state index contributed by atoms with van der Waals surface area (Å²) in [6.07, 6.45) is 2.05. The van der Waals surface area contributed by atoms with Crippen LogP contribution in [-0.4, -0.2) is 24.5 Å². The van der Waals surface area contributed by atoms with Crippen molar-refractivity contribution in [3.8, 4) is 0 Å². The minimum atomic E-state index is -0.215. The van der Waals surface area contributed by atoms with Gasteiger partial charge in [0.2, 0.25) is 5.91 Å². The molecule has 1 unspecified atom stereocenters. The first-order chi connectivity index (χ1) is 6.60. The molecule has 0 bridgehead atoms. The highest BCUT2D eigenvalue weighted by atomic mass is 16.5. The van der Waals surface area contributed by atoms with Gasteiger partial charge in [-0.25, -0.2) is 0 Å². The van der Waals surface area contributed by atoms with Crippen LogP contribution in [-0.2, 0) is 14.3 Å². The van der Waals surface area contributed by atoms with E-state index in [-0.39, 0.29) is 18.0 Å². The third kappa shape index (κ3) is 6.22. The Labute approximate surface area is 84.3 Å². The zero-order chi connectivity index (χ0) is 11.0. The molecule has 0 saturated carbocycles. The molecule has 14 heavy (non-hydrogen) atoms. The van der Waals surface area contributed by atoms with E-state index in [0.29, 0.717) is 19.4 Å². The van der Waals surface area contributed by atoms with Crippen LogP contribution in [0.1, 0.15) is 26.7 Å². The Kier molecular flexibility index (Phi) is 6.45. The second-order valence-electron chi connectivity index (χ2n) is 2.94. The van der Waals surface area contributed by atoms with Gasteiger partial charge in [0.1, 0.15) is 6.10 Å². The Balaban J connectivity index is 3.53. The summed E-state index contributed by atoms with van der Waals surface area (Å²) in [5.41, 5.74) is 0. The van der Waals surface area contributed by atoms with Crippen molar-refractivity contribution in [2.24, 2.45) is 0 Å². The number of esters is 1. The Morgan fingerprint density at radius 1 is 1.57 bits per heavy atom. The topological polar surface area (TPSA) is 55.4 Å². The van der Waals surface area contributed by atoms with Gasteiger partial charge in [-0.3, -0.25) is 9.59 Å². The number of rotatable bonds is 6. The largest absolute Gasteiger partial charge is 0.463 e. The van der Waals surface area contributed by atoms with Crippen LogP contribution < -0.4 is 5.32 Å². The molecular weight excluding hydrogens is 182 g/mol. The molecule has 0 radical (unpaired) electrons. The fourth-order valence-corrected chi connectivity index (χ4v) is 0.837. The molecule has 1 atom stereocenters. The lowest BCUT2D eigenvalue weighted by Gasteiger charge is -2.12. The lowest BCUT2D eigenvalue weighted by Crippen LogP contribution is -2.26. The van der Waals surface area contributed by atoms with Crippen molar-refractivity contribution in [1.82, 2.24) is 5.32 Å². The summed E-state index contributed by atoms with van der Waals surface area (Å²) in [4.78, 5) is 21.6. The molecule has 0 rings (SSSR count). The number of carbonyl (C=O) groups is 2. The standard InChI is InChI=1S/C10H17NO3/c1-4-9(12)11-7-6-8(3)14-10(13)5-2/h4,8H,1,5-7H2,2-3H3,(H,11,12). The van der Waals surface area contributed by atoms with Crippen LogP contribution in [0.2, 0.25) is 0 Å².